The van der Waals surface area contributed by atoms with Gasteiger partial charge in [0.25, 0.3) is 0 Å². The van der Waals surface area contributed by atoms with Crippen LogP contribution in [0, 0.1) is 6.92 Å². The van der Waals surface area contributed by atoms with Gasteiger partial charge in [0, 0.05) is 37.3 Å². The number of carbonyl (C=O) groups is 1. The lowest BCUT2D eigenvalue weighted by Crippen LogP contribution is -2.37. The molecular weight excluding hydrogens is 374 g/mol. The standard InChI is InChI=1S/C21H29N3O3S/c1-3-27-20(25)15-19-16-28-21(22-18-7-5-17(2)6-8-18)24(19)10-4-9-23-11-13-26-14-12-23/h5-8,16H,3-4,9-15H2,1-2H3. The molecule has 2 aromatic rings. The van der Waals surface area contributed by atoms with Crippen molar-refractivity contribution in [2.24, 2.45) is 4.99 Å². The van der Waals surface area contributed by atoms with Gasteiger partial charge < -0.3 is 14.0 Å². The van der Waals surface area contributed by atoms with Gasteiger partial charge in [-0.3, -0.25) is 9.69 Å². The fraction of sp³-hybridized carbons (Fsp3) is 0.524. The maximum Gasteiger partial charge on any atom is 0.311 e. The van der Waals surface area contributed by atoms with Crippen LogP contribution in [-0.2, 0) is 27.2 Å². The van der Waals surface area contributed by atoms with E-state index >= 15 is 0 Å². The third-order valence-corrected chi connectivity index (χ3v) is 5.64. The average Bonchev–Trinajstić information content (AvgIpc) is 3.06. The predicted octanol–water partition coefficient (Wildman–Crippen LogP) is 2.92. The number of nitrogens with zero attached hydrogens (tertiary/aromatic N) is 3. The second-order valence-electron chi connectivity index (χ2n) is 6.90. The summed E-state index contributed by atoms with van der Waals surface area (Å²) in [7, 11) is 0. The van der Waals surface area contributed by atoms with E-state index < -0.39 is 0 Å². The van der Waals surface area contributed by atoms with Gasteiger partial charge in [-0.1, -0.05) is 17.7 Å². The summed E-state index contributed by atoms with van der Waals surface area (Å²) < 4.78 is 12.7. The fourth-order valence-corrected chi connectivity index (χ4v) is 4.15. The van der Waals surface area contributed by atoms with Crippen LogP contribution < -0.4 is 4.80 Å². The number of rotatable bonds is 8. The quantitative estimate of drug-likeness (QED) is 0.636. The van der Waals surface area contributed by atoms with Crippen molar-refractivity contribution in [2.45, 2.75) is 33.2 Å². The fourth-order valence-electron chi connectivity index (χ4n) is 3.20. The molecule has 1 fully saturated rings. The number of esters is 1. The van der Waals surface area contributed by atoms with Gasteiger partial charge in [-0.05, 0) is 32.4 Å². The molecule has 28 heavy (non-hydrogen) atoms. The van der Waals surface area contributed by atoms with Crippen LogP contribution in [0.1, 0.15) is 24.6 Å². The summed E-state index contributed by atoms with van der Waals surface area (Å²) >= 11 is 1.58. The van der Waals surface area contributed by atoms with Crippen molar-refractivity contribution >= 4 is 23.0 Å². The molecule has 1 aliphatic rings. The van der Waals surface area contributed by atoms with Crippen molar-refractivity contribution in [3.05, 3.63) is 45.7 Å². The molecule has 1 aliphatic heterocycles. The van der Waals surface area contributed by atoms with E-state index in [2.05, 4.69) is 28.5 Å². The number of benzene rings is 1. The van der Waals surface area contributed by atoms with Gasteiger partial charge in [-0.25, -0.2) is 4.99 Å². The van der Waals surface area contributed by atoms with Crippen molar-refractivity contribution in [2.75, 3.05) is 39.5 Å². The number of thiazole rings is 1. The molecule has 0 amide bonds. The molecule has 0 spiro atoms. The Balaban J connectivity index is 1.77. The lowest BCUT2D eigenvalue weighted by Gasteiger charge is -2.26. The van der Waals surface area contributed by atoms with Crippen molar-refractivity contribution in [3.8, 4) is 0 Å². The molecule has 0 radical (unpaired) electrons. The largest absolute Gasteiger partial charge is 0.466 e. The Bertz CT molecular complexity index is 820. The van der Waals surface area contributed by atoms with Crippen LogP contribution in [0.4, 0.5) is 5.69 Å². The van der Waals surface area contributed by atoms with E-state index in [0.717, 1.165) is 62.0 Å². The van der Waals surface area contributed by atoms with Crippen molar-refractivity contribution in [3.63, 3.8) is 0 Å². The summed E-state index contributed by atoms with van der Waals surface area (Å²) in [6.45, 7) is 9.77. The average molecular weight is 404 g/mol. The van der Waals surface area contributed by atoms with Crippen LogP contribution in [-0.4, -0.2) is 54.9 Å². The third-order valence-electron chi connectivity index (χ3n) is 4.73. The highest BCUT2D eigenvalue weighted by molar-refractivity contribution is 7.07. The van der Waals surface area contributed by atoms with Crippen LogP contribution in [0.2, 0.25) is 0 Å². The minimum atomic E-state index is -0.191. The summed E-state index contributed by atoms with van der Waals surface area (Å²) in [5.41, 5.74) is 3.11. The molecule has 0 N–H and O–H groups in total. The minimum absolute atomic E-state index is 0.191. The molecule has 0 saturated carbocycles. The van der Waals surface area contributed by atoms with Gasteiger partial charge in [0.15, 0.2) is 4.80 Å². The van der Waals surface area contributed by atoms with E-state index in [1.807, 2.05) is 24.4 Å². The zero-order valence-electron chi connectivity index (χ0n) is 16.7. The van der Waals surface area contributed by atoms with Crippen LogP contribution in [0.15, 0.2) is 34.6 Å². The van der Waals surface area contributed by atoms with Crippen molar-refractivity contribution in [1.82, 2.24) is 9.47 Å². The number of ether oxygens (including phenoxy) is 2. The van der Waals surface area contributed by atoms with E-state index in [1.54, 1.807) is 11.3 Å². The molecule has 1 aromatic heterocycles. The maximum atomic E-state index is 12.0. The van der Waals surface area contributed by atoms with Crippen molar-refractivity contribution < 1.29 is 14.3 Å². The number of aromatic nitrogens is 1. The number of carbonyl (C=O) groups excluding carboxylic acids is 1. The monoisotopic (exact) mass is 403 g/mol. The van der Waals surface area contributed by atoms with E-state index in [1.165, 1.54) is 5.56 Å². The summed E-state index contributed by atoms with van der Waals surface area (Å²) in [6.07, 6.45) is 1.29. The minimum Gasteiger partial charge on any atom is -0.466 e. The summed E-state index contributed by atoms with van der Waals surface area (Å²) in [4.78, 5) is 20.2. The molecule has 1 saturated heterocycles. The Morgan fingerprint density at radius 3 is 2.68 bits per heavy atom. The molecule has 7 heteroatoms. The van der Waals surface area contributed by atoms with Crippen LogP contribution in [0.25, 0.3) is 0 Å². The van der Waals surface area contributed by atoms with E-state index in [0.29, 0.717) is 6.61 Å². The van der Waals surface area contributed by atoms with Gasteiger partial charge >= 0.3 is 5.97 Å². The molecule has 2 heterocycles. The maximum absolute atomic E-state index is 12.0. The molecule has 6 nitrogen and oxygen atoms in total. The van der Waals surface area contributed by atoms with Crippen molar-refractivity contribution in [1.29, 1.82) is 0 Å². The smallest absolute Gasteiger partial charge is 0.311 e. The van der Waals surface area contributed by atoms with Crippen LogP contribution in [0.5, 0.6) is 0 Å². The van der Waals surface area contributed by atoms with Gasteiger partial charge in [-0.15, -0.1) is 11.3 Å². The molecule has 0 bridgehead atoms. The molecule has 3 rings (SSSR count). The lowest BCUT2D eigenvalue weighted by atomic mass is 10.2. The zero-order valence-corrected chi connectivity index (χ0v) is 17.5. The van der Waals surface area contributed by atoms with Gasteiger partial charge in [0.2, 0.25) is 0 Å². The summed E-state index contributed by atoms with van der Waals surface area (Å²) in [5.74, 6) is -0.191. The third kappa shape index (κ3) is 6.02. The predicted molar refractivity (Wildman–Crippen MR) is 111 cm³/mol. The van der Waals surface area contributed by atoms with Crippen LogP contribution in [0.3, 0.4) is 0 Å². The second-order valence-corrected chi connectivity index (χ2v) is 7.73. The topological polar surface area (TPSA) is 56.1 Å². The highest BCUT2D eigenvalue weighted by atomic mass is 32.1. The molecule has 0 aliphatic carbocycles. The van der Waals surface area contributed by atoms with Gasteiger partial charge in [-0.2, -0.15) is 0 Å². The molecule has 0 unspecified atom stereocenters. The Hall–Kier alpha value is -1.96. The Labute approximate surface area is 170 Å². The molecule has 1 aromatic carbocycles. The van der Waals surface area contributed by atoms with Gasteiger partial charge in [0.05, 0.1) is 31.9 Å². The first kappa shape index (κ1) is 20.8. The Kier molecular flexibility index (Phi) is 7.82. The second kappa shape index (κ2) is 10.5. The van der Waals surface area contributed by atoms with E-state index in [4.69, 9.17) is 14.5 Å². The van der Waals surface area contributed by atoms with E-state index in [9.17, 15) is 4.79 Å². The number of hydrogen-bond donors (Lipinski definition) is 0. The number of morpholine rings is 1. The first-order chi connectivity index (χ1) is 13.7. The number of hydrogen-bond acceptors (Lipinski definition) is 6. The Morgan fingerprint density at radius 2 is 1.96 bits per heavy atom. The highest BCUT2D eigenvalue weighted by Crippen LogP contribution is 2.13. The normalized spacial score (nSPS) is 15.7. The lowest BCUT2D eigenvalue weighted by molar-refractivity contribution is -0.142. The summed E-state index contributed by atoms with van der Waals surface area (Å²) in [6, 6.07) is 8.18. The molecule has 152 valence electrons. The van der Waals surface area contributed by atoms with E-state index in [-0.39, 0.29) is 12.4 Å². The molecule has 0 atom stereocenters. The first-order valence-electron chi connectivity index (χ1n) is 9.90. The first-order valence-corrected chi connectivity index (χ1v) is 10.8. The van der Waals surface area contributed by atoms with Gasteiger partial charge in [0.1, 0.15) is 0 Å². The SMILES string of the molecule is CCOC(=O)Cc1csc(=Nc2ccc(C)cc2)n1CCCN1CCOCC1. The van der Waals surface area contributed by atoms with Crippen LogP contribution >= 0.6 is 11.3 Å². The Morgan fingerprint density at radius 1 is 1.21 bits per heavy atom. The number of aryl methyl sites for hydroxylation is 1. The highest BCUT2D eigenvalue weighted by Gasteiger charge is 2.13. The zero-order chi connectivity index (χ0) is 19.8. The molecular formula is C21H29N3O3S. The summed E-state index contributed by atoms with van der Waals surface area (Å²) in [5, 5.41) is 2.03.